The lowest BCUT2D eigenvalue weighted by Gasteiger charge is -2.29. The van der Waals surface area contributed by atoms with Gasteiger partial charge in [-0.3, -0.25) is 20.2 Å². The summed E-state index contributed by atoms with van der Waals surface area (Å²) in [5.41, 5.74) is -3.31. The predicted molar refractivity (Wildman–Crippen MR) is 87.9 cm³/mol. The molecule has 0 heterocycles. The highest BCUT2D eigenvalue weighted by molar-refractivity contribution is 4.88. The lowest BCUT2D eigenvalue weighted by Crippen LogP contribution is -2.52. The van der Waals surface area contributed by atoms with Crippen LogP contribution in [0.15, 0.2) is 0 Å². The number of hydrogen-bond acceptors (Lipinski definition) is 7. The van der Waals surface area contributed by atoms with Crippen LogP contribution in [0.25, 0.3) is 0 Å². The molecule has 0 saturated heterocycles. The summed E-state index contributed by atoms with van der Waals surface area (Å²) in [6.07, 6.45) is 0.692. The fourth-order valence-corrected chi connectivity index (χ4v) is 2.99. The first-order valence-corrected chi connectivity index (χ1v) is 8.45. The monoisotopic (exact) mass is 350 g/mol. The van der Waals surface area contributed by atoms with Gasteiger partial charge in [0.15, 0.2) is 0 Å². The van der Waals surface area contributed by atoms with Gasteiger partial charge in [0.1, 0.15) is 19.3 Å². The molecule has 0 aliphatic rings. The third-order valence-electron chi connectivity index (χ3n) is 4.74. The molecular formula is C15H30N2O7. The van der Waals surface area contributed by atoms with Gasteiger partial charge in [-0.25, -0.2) is 0 Å². The molecule has 9 heteroatoms. The Hall–Kier alpha value is -1.32. The molecule has 0 bridgehead atoms. The second-order valence-electron chi connectivity index (χ2n) is 6.42. The SMILES string of the molecule is CCCCC(CO)(C(O)CCCC(CO)(CCC)[N+](=O)[O-])[N+](=O)[O-]. The largest absolute Gasteiger partial charge is 0.389 e. The van der Waals surface area contributed by atoms with E-state index in [1.807, 2.05) is 6.92 Å². The van der Waals surface area contributed by atoms with E-state index in [9.17, 15) is 35.5 Å². The maximum Gasteiger partial charge on any atom is 0.270 e. The Morgan fingerprint density at radius 2 is 1.54 bits per heavy atom. The van der Waals surface area contributed by atoms with Crippen LogP contribution in [0.1, 0.15) is 65.2 Å². The number of nitrogens with zero attached hydrogens (tertiary/aromatic N) is 2. The van der Waals surface area contributed by atoms with Crippen LogP contribution in [0.3, 0.4) is 0 Å². The van der Waals surface area contributed by atoms with Crippen LogP contribution in [0, 0.1) is 20.2 Å². The van der Waals surface area contributed by atoms with E-state index in [1.165, 1.54) is 0 Å². The normalized spacial score (nSPS) is 17.7. The number of unbranched alkanes of at least 4 members (excludes halogenated alkanes) is 1. The average molecular weight is 350 g/mol. The van der Waals surface area contributed by atoms with E-state index < -0.39 is 40.2 Å². The van der Waals surface area contributed by atoms with Crippen molar-refractivity contribution in [2.24, 2.45) is 0 Å². The van der Waals surface area contributed by atoms with E-state index in [0.717, 1.165) is 0 Å². The van der Waals surface area contributed by atoms with Gasteiger partial charge in [-0.15, -0.1) is 0 Å². The molecule has 24 heavy (non-hydrogen) atoms. The maximum absolute atomic E-state index is 11.4. The van der Waals surface area contributed by atoms with Crippen molar-refractivity contribution in [2.75, 3.05) is 13.2 Å². The topological polar surface area (TPSA) is 147 Å². The Morgan fingerprint density at radius 3 is 1.92 bits per heavy atom. The maximum atomic E-state index is 11.4. The van der Waals surface area contributed by atoms with E-state index in [1.54, 1.807) is 6.92 Å². The molecule has 0 amide bonds. The van der Waals surface area contributed by atoms with Crippen molar-refractivity contribution in [3.8, 4) is 0 Å². The van der Waals surface area contributed by atoms with Crippen molar-refractivity contribution in [3.05, 3.63) is 20.2 Å². The van der Waals surface area contributed by atoms with Crippen molar-refractivity contribution in [2.45, 2.75) is 82.4 Å². The fourth-order valence-electron chi connectivity index (χ4n) is 2.99. The summed E-state index contributed by atoms with van der Waals surface area (Å²) in [4.78, 5) is 21.5. The summed E-state index contributed by atoms with van der Waals surface area (Å²) in [6, 6.07) is 0. The summed E-state index contributed by atoms with van der Waals surface area (Å²) >= 11 is 0. The van der Waals surface area contributed by atoms with E-state index in [4.69, 9.17) is 0 Å². The minimum Gasteiger partial charge on any atom is -0.389 e. The summed E-state index contributed by atoms with van der Waals surface area (Å²) in [5.74, 6) is 0. The number of aliphatic hydroxyl groups excluding tert-OH is 3. The van der Waals surface area contributed by atoms with Gasteiger partial charge in [0.05, 0.1) is 0 Å². The van der Waals surface area contributed by atoms with Gasteiger partial charge in [-0.1, -0.05) is 20.3 Å². The second-order valence-corrected chi connectivity index (χ2v) is 6.42. The van der Waals surface area contributed by atoms with Crippen LogP contribution in [0.5, 0.6) is 0 Å². The molecule has 0 aliphatic heterocycles. The van der Waals surface area contributed by atoms with Crippen molar-refractivity contribution >= 4 is 0 Å². The van der Waals surface area contributed by atoms with Gasteiger partial charge < -0.3 is 15.3 Å². The molecule has 0 aromatic carbocycles. The molecule has 0 spiro atoms. The van der Waals surface area contributed by atoms with Crippen LogP contribution >= 0.6 is 0 Å². The number of rotatable bonds is 14. The summed E-state index contributed by atoms with van der Waals surface area (Å²) in [6.45, 7) is 2.24. The first kappa shape index (κ1) is 22.7. The third-order valence-corrected chi connectivity index (χ3v) is 4.74. The van der Waals surface area contributed by atoms with Gasteiger partial charge in [0.25, 0.3) is 5.54 Å². The molecule has 0 aliphatic carbocycles. The zero-order chi connectivity index (χ0) is 18.8. The van der Waals surface area contributed by atoms with E-state index in [0.29, 0.717) is 19.3 Å². The molecule has 0 saturated carbocycles. The van der Waals surface area contributed by atoms with Crippen LogP contribution in [0.2, 0.25) is 0 Å². The van der Waals surface area contributed by atoms with Crippen LogP contribution < -0.4 is 0 Å². The van der Waals surface area contributed by atoms with Crippen molar-refractivity contribution in [1.29, 1.82) is 0 Å². The van der Waals surface area contributed by atoms with Gasteiger partial charge >= 0.3 is 0 Å². The average Bonchev–Trinajstić information content (AvgIpc) is 2.54. The zero-order valence-electron chi connectivity index (χ0n) is 14.5. The van der Waals surface area contributed by atoms with Gasteiger partial charge in [0.2, 0.25) is 5.54 Å². The van der Waals surface area contributed by atoms with Crippen LogP contribution in [0.4, 0.5) is 0 Å². The molecular weight excluding hydrogens is 320 g/mol. The zero-order valence-corrected chi connectivity index (χ0v) is 14.5. The fraction of sp³-hybridized carbons (Fsp3) is 1.00. The molecule has 3 atom stereocenters. The van der Waals surface area contributed by atoms with Crippen molar-refractivity contribution in [3.63, 3.8) is 0 Å². The lowest BCUT2D eigenvalue weighted by molar-refractivity contribution is -0.589. The quantitative estimate of drug-likeness (QED) is 0.318. The first-order chi connectivity index (χ1) is 11.3. The molecule has 0 aromatic rings. The summed E-state index contributed by atoms with van der Waals surface area (Å²) in [5, 5.41) is 51.8. The van der Waals surface area contributed by atoms with E-state index in [2.05, 4.69) is 0 Å². The molecule has 0 aromatic heterocycles. The third kappa shape index (κ3) is 5.35. The molecule has 0 fully saturated rings. The Balaban J connectivity index is 4.97. The van der Waals surface area contributed by atoms with Crippen molar-refractivity contribution < 1.29 is 25.2 Å². The van der Waals surface area contributed by atoms with Crippen molar-refractivity contribution in [1.82, 2.24) is 0 Å². The van der Waals surface area contributed by atoms with Gasteiger partial charge in [0, 0.05) is 29.1 Å². The summed E-state index contributed by atoms with van der Waals surface area (Å²) < 4.78 is 0. The Morgan fingerprint density at radius 1 is 0.917 bits per heavy atom. The second kappa shape index (κ2) is 10.5. The highest BCUT2D eigenvalue weighted by atomic mass is 16.6. The van der Waals surface area contributed by atoms with Gasteiger partial charge in [-0.2, -0.15) is 0 Å². The Labute approximate surface area is 142 Å². The standard InChI is InChI=1S/C15H30N2O7/c1-3-5-10-15(12-19,17(23)24)13(20)7-6-9-14(11-18,8-4-2)16(21)22/h13,18-20H,3-12H2,1-2H3. The van der Waals surface area contributed by atoms with Crippen LogP contribution in [-0.2, 0) is 0 Å². The minimum absolute atomic E-state index is 0.0222. The first-order valence-electron chi connectivity index (χ1n) is 8.45. The molecule has 0 radical (unpaired) electrons. The molecule has 9 nitrogen and oxygen atoms in total. The predicted octanol–water partition coefficient (Wildman–Crippen LogP) is 1.52. The summed E-state index contributed by atoms with van der Waals surface area (Å²) in [7, 11) is 0. The number of nitro groups is 2. The van der Waals surface area contributed by atoms with Gasteiger partial charge in [-0.05, 0) is 25.7 Å². The van der Waals surface area contributed by atoms with E-state index >= 15 is 0 Å². The number of aliphatic hydroxyl groups is 3. The molecule has 3 N–H and O–H groups in total. The highest BCUT2D eigenvalue weighted by Crippen LogP contribution is 2.29. The number of hydrogen-bond donors (Lipinski definition) is 3. The Kier molecular flexibility index (Phi) is 9.95. The Bertz CT molecular complexity index is 407. The smallest absolute Gasteiger partial charge is 0.270 e. The van der Waals surface area contributed by atoms with Crippen LogP contribution in [-0.4, -0.2) is 55.6 Å². The molecule has 0 rings (SSSR count). The molecule has 142 valence electrons. The minimum atomic E-state index is -1.84. The highest BCUT2D eigenvalue weighted by Gasteiger charge is 2.49. The molecule has 3 unspecified atom stereocenters. The lowest BCUT2D eigenvalue weighted by atomic mass is 9.83. The van der Waals surface area contributed by atoms with E-state index in [-0.39, 0.29) is 32.1 Å².